The Kier molecular flexibility index (Phi) is 4.07. The van der Waals surface area contributed by atoms with Gasteiger partial charge in [0, 0.05) is 17.2 Å². The fourth-order valence-electron chi connectivity index (χ4n) is 2.22. The minimum Gasteiger partial charge on any atom is -0.299 e. The van der Waals surface area contributed by atoms with Crippen molar-refractivity contribution in [1.82, 2.24) is 4.90 Å². The maximum absolute atomic E-state index is 11.0. The first-order valence-electron chi connectivity index (χ1n) is 5.75. The van der Waals surface area contributed by atoms with Crippen molar-refractivity contribution in [2.24, 2.45) is 0 Å². The van der Waals surface area contributed by atoms with E-state index < -0.39 is 9.05 Å². The average Bonchev–Trinajstić information content (AvgIpc) is 2.68. The van der Waals surface area contributed by atoms with E-state index in [2.05, 4.69) is 4.90 Å². The molecule has 0 aromatic heterocycles. The van der Waals surface area contributed by atoms with Crippen molar-refractivity contribution < 1.29 is 8.42 Å². The molecule has 3 nitrogen and oxygen atoms in total. The summed E-state index contributed by atoms with van der Waals surface area (Å²) >= 11 is 0. The molecule has 0 unspecified atom stereocenters. The summed E-state index contributed by atoms with van der Waals surface area (Å²) in [5.41, 5.74) is 1.92. The number of hydrogen-bond donors (Lipinski definition) is 0. The van der Waals surface area contributed by atoms with Gasteiger partial charge in [0.05, 0.1) is 5.75 Å². The summed E-state index contributed by atoms with van der Waals surface area (Å²) in [5.74, 6) is -0.0948. The zero-order valence-corrected chi connectivity index (χ0v) is 11.2. The largest absolute Gasteiger partial charge is 0.299 e. The van der Waals surface area contributed by atoms with Gasteiger partial charge in [0.25, 0.3) is 0 Å². The second-order valence-electron chi connectivity index (χ2n) is 4.49. The van der Waals surface area contributed by atoms with E-state index in [0.717, 1.165) is 30.8 Å². The van der Waals surface area contributed by atoms with Gasteiger partial charge in [-0.1, -0.05) is 24.3 Å². The van der Waals surface area contributed by atoms with Gasteiger partial charge in [0.2, 0.25) is 9.05 Å². The zero-order valence-electron chi connectivity index (χ0n) is 9.60. The van der Waals surface area contributed by atoms with Crippen molar-refractivity contribution >= 4 is 19.7 Å². The Morgan fingerprint density at radius 3 is 2.47 bits per heavy atom. The molecule has 94 valence electrons. The topological polar surface area (TPSA) is 37.4 Å². The number of hydrogen-bond acceptors (Lipinski definition) is 3. The fourth-order valence-corrected chi connectivity index (χ4v) is 3.17. The van der Waals surface area contributed by atoms with Crippen LogP contribution >= 0.6 is 10.7 Å². The highest BCUT2D eigenvalue weighted by molar-refractivity contribution is 8.13. The molecule has 0 aliphatic carbocycles. The average molecular weight is 274 g/mol. The van der Waals surface area contributed by atoms with Gasteiger partial charge in [-0.2, -0.15) is 0 Å². The van der Waals surface area contributed by atoms with Crippen LogP contribution in [0.25, 0.3) is 0 Å². The lowest BCUT2D eigenvalue weighted by atomic mass is 10.1. The molecule has 1 aliphatic heterocycles. The van der Waals surface area contributed by atoms with E-state index in [1.165, 1.54) is 12.8 Å². The molecule has 0 spiro atoms. The molecule has 1 aliphatic rings. The molecule has 0 bridgehead atoms. The minimum atomic E-state index is -3.46. The highest BCUT2D eigenvalue weighted by Crippen LogP contribution is 2.16. The second kappa shape index (κ2) is 5.38. The molecule has 1 saturated heterocycles. The molecule has 1 heterocycles. The predicted molar refractivity (Wildman–Crippen MR) is 69.4 cm³/mol. The molecule has 0 radical (unpaired) electrons. The highest BCUT2D eigenvalue weighted by Gasteiger charge is 2.12. The predicted octanol–water partition coefficient (Wildman–Crippen LogP) is 2.35. The lowest BCUT2D eigenvalue weighted by molar-refractivity contribution is 0.331. The number of benzene rings is 1. The van der Waals surface area contributed by atoms with Crippen LogP contribution in [0, 0.1) is 0 Å². The van der Waals surface area contributed by atoms with Gasteiger partial charge >= 0.3 is 0 Å². The van der Waals surface area contributed by atoms with E-state index in [4.69, 9.17) is 10.7 Å². The number of rotatable bonds is 4. The Morgan fingerprint density at radius 2 is 1.82 bits per heavy atom. The maximum Gasteiger partial charge on any atom is 0.236 e. The Labute approximate surface area is 107 Å². The summed E-state index contributed by atoms with van der Waals surface area (Å²) in [6.07, 6.45) is 2.52. The third-order valence-electron chi connectivity index (χ3n) is 2.94. The summed E-state index contributed by atoms with van der Waals surface area (Å²) < 4.78 is 22.0. The van der Waals surface area contributed by atoms with Crippen LogP contribution < -0.4 is 0 Å². The molecule has 0 amide bonds. The zero-order chi connectivity index (χ0) is 12.3. The van der Waals surface area contributed by atoms with Crippen molar-refractivity contribution in [2.75, 3.05) is 13.1 Å². The van der Waals surface area contributed by atoms with Crippen LogP contribution in [0.15, 0.2) is 24.3 Å². The smallest absolute Gasteiger partial charge is 0.236 e. The lowest BCUT2D eigenvalue weighted by Gasteiger charge is -2.14. The molecule has 1 aromatic carbocycles. The molecule has 0 atom stereocenters. The van der Waals surface area contributed by atoms with E-state index in [1.807, 2.05) is 18.2 Å². The number of halogens is 1. The van der Waals surface area contributed by atoms with Gasteiger partial charge in [-0.15, -0.1) is 0 Å². The SMILES string of the molecule is O=S(=O)(Cl)Cc1cccc(CN2CCCC2)c1. The standard InChI is InChI=1S/C12H16ClNO2S/c13-17(15,16)10-12-5-3-4-11(8-12)9-14-6-1-2-7-14/h3-5,8H,1-2,6-7,9-10H2. The van der Waals surface area contributed by atoms with Crippen molar-refractivity contribution in [1.29, 1.82) is 0 Å². The Hall–Kier alpha value is -0.580. The molecule has 17 heavy (non-hydrogen) atoms. The van der Waals surface area contributed by atoms with Crippen molar-refractivity contribution in [3.63, 3.8) is 0 Å². The summed E-state index contributed by atoms with van der Waals surface area (Å²) in [7, 11) is 1.79. The molecule has 2 rings (SSSR count). The first kappa shape index (κ1) is 12.9. The monoisotopic (exact) mass is 273 g/mol. The molecule has 1 aromatic rings. The van der Waals surface area contributed by atoms with Gasteiger partial charge in [-0.3, -0.25) is 4.90 Å². The van der Waals surface area contributed by atoms with Crippen molar-refractivity contribution in [3.05, 3.63) is 35.4 Å². The number of nitrogens with zero attached hydrogens (tertiary/aromatic N) is 1. The van der Waals surface area contributed by atoms with E-state index in [-0.39, 0.29) is 5.75 Å². The Bertz CT molecular complexity index is 481. The molecular weight excluding hydrogens is 258 g/mol. The third-order valence-corrected chi connectivity index (χ3v) is 3.94. The first-order chi connectivity index (χ1) is 8.03. The fraction of sp³-hybridized carbons (Fsp3) is 0.500. The number of likely N-dealkylation sites (tertiary alicyclic amines) is 1. The maximum atomic E-state index is 11.0. The summed E-state index contributed by atoms with van der Waals surface area (Å²) in [4.78, 5) is 2.38. The second-order valence-corrected chi connectivity index (χ2v) is 7.26. The first-order valence-corrected chi connectivity index (χ1v) is 8.23. The highest BCUT2D eigenvalue weighted by atomic mass is 35.7. The van der Waals surface area contributed by atoms with Gasteiger partial charge in [-0.05, 0) is 37.1 Å². The Balaban J connectivity index is 2.05. The van der Waals surface area contributed by atoms with Crippen LogP contribution in [0.5, 0.6) is 0 Å². The minimum absolute atomic E-state index is 0.0948. The van der Waals surface area contributed by atoms with Crippen LogP contribution in [-0.4, -0.2) is 26.4 Å². The van der Waals surface area contributed by atoms with Gasteiger partial charge in [-0.25, -0.2) is 8.42 Å². The van der Waals surface area contributed by atoms with Crippen molar-refractivity contribution in [2.45, 2.75) is 25.1 Å². The van der Waals surface area contributed by atoms with Crippen LogP contribution in [0.1, 0.15) is 24.0 Å². The molecule has 1 fully saturated rings. The van der Waals surface area contributed by atoms with E-state index in [1.54, 1.807) is 6.07 Å². The summed E-state index contributed by atoms with van der Waals surface area (Å²) in [6, 6.07) is 7.65. The van der Waals surface area contributed by atoms with Crippen LogP contribution in [0.3, 0.4) is 0 Å². The summed E-state index contributed by atoms with van der Waals surface area (Å²) in [6.45, 7) is 3.17. The van der Waals surface area contributed by atoms with E-state index >= 15 is 0 Å². The Morgan fingerprint density at radius 1 is 1.18 bits per heavy atom. The quantitative estimate of drug-likeness (QED) is 0.791. The van der Waals surface area contributed by atoms with Crippen LogP contribution in [0.2, 0.25) is 0 Å². The van der Waals surface area contributed by atoms with Gasteiger partial charge < -0.3 is 0 Å². The van der Waals surface area contributed by atoms with Crippen LogP contribution in [-0.2, 0) is 21.3 Å². The van der Waals surface area contributed by atoms with E-state index in [0.29, 0.717) is 0 Å². The van der Waals surface area contributed by atoms with Crippen molar-refractivity contribution in [3.8, 4) is 0 Å². The van der Waals surface area contributed by atoms with Gasteiger partial charge in [0.15, 0.2) is 0 Å². The van der Waals surface area contributed by atoms with Gasteiger partial charge in [0.1, 0.15) is 0 Å². The summed E-state index contributed by atoms with van der Waals surface area (Å²) in [5, 5.41) is 0. The molecule has 0 N–H and O–H groups in total. The third kappa shape index (κ3) is 4.30. The van der Waals surface area contributed by atoms with Crippen LogP contribution in [0.4, 0.5) is 0 Å². The van der Waals surface area contributed by atoms with E-state index in [9.17, 15) is 8.42 Å². The normalized spacial score (nSPS) is 17.5. The molecular formula is C12H16ClNO2S. The lowest BCUT2D eigenvalue weighted by Crippen LogP contribution is -2.18. The molecule has 5 heteroatoms. The molecule has 0 saturated carbocycles.